The summed E-state index contributed by atoms with van der Waals surface area (Å²) in [4.78, 5) is 22.7. The normalized spacial score (nSPS) is 9.94. The third kappa shape index (κ3) is 4.14. The highest BCUT2D eigenvalue weighted by Gasteiger charge is 2.10. The van der Waals surface area contributed by atoms with Gasteiger partial charge in [0.25, 0.3) is 0 Å². The number of hydrogen-bond acceptors (Lipinski definition) is 4. The number of ether oxygens (including phenoxy) is 2. The lowest BCUT2D eigenvalue weighted by atomic mass is 10.1. The van der Waals surface area contributed by atoms with Gasteiger partial charge < -0.3 is 9.47 Å². The number of methoxy groups -OCH3 is 1. The van der Waals surface area contributed by atoms with E-state index in [9.17, 15) is 9.59 Å². The average molecular weight is 315 g/mol. The summed E-state index contributed by atoms with van der Waals surface area (Å²) in [5, 5.41) is 0. The Morgan fingerprint density at radius 2 is 2.06 bits per heavy atom. The van der Waals surface area contributed by atoms with Gasteiger partial charge in [-0.1, -0.05) is 15.9 Å². The molecule has 1 aromatic rings. The maximum Gasteiger partial charge on any atom is 0.338 e. The molecule has 0 fully saturated rings. The van der Waals surface area contributed by atoms with Crippen molar-refractivity contribution in [1.82, 2.24) is 0 Å². The van der Waals surface area contributed by atoms with Crippen molar-refractivity contribution < 1.29 is 19.1 Å². The molecule has 0 saturated heterocycles. The third-order valence-corrected chi connectivity index (χ3v) is 3.16. The molecular weight excluding hydrogens is 300 g/mol. The summed E-state index contributed by atoms with van der Waals surface area (Å²) >= 11 is 3.39. The summed E-state index contributed by atoms with van der Waals surface area (Å²) in [5.74, 6) is -0.632. The molecule has 0 unspecified atom stereocenters. The molecule has 0 heterocycles. The van der Waals surface area contributed by atoms with Crippen LogP contribution in [-0.2, 0) is 20.7 Å². The van der Waals surface area contributed by atoms with Gasteiger partial charge in [0.05, 0.1) is 19.3 Å². The van der Waals surface area contributed by atoms with E-state index in [0.717, 1.165) is 10.0 Å². The molecular formula is C13H15BrO4. The van der Waals surface area contributed by atoms with Gasteiger partial charge in [-0.2, -0.15) is 0 Å². The first-order valence-corrected chi connectivity index (χ1v) is 6.40. The van der Waals surface area contributed by atoms with Crippen molar-refractivity contribution in [3.8, 4) is 0 Å². The highest BCUT2D eigenvalue weighted by molar-refractivity contribution is 9.10. The predicted molar refractivity (Wildman–Crippen MR) is 70.4 cm³/mol. The van der Waals surface area contributed by atoms with Crippen LogP contribution in [0.5, 0.6) is 0 Å². The Morgan fingerprint density at radius 3 is 2.67 bits per heavy atom. The number of rotatable bonds is 5. The van der Waals surface area contributed by atoms with Crippen LogP contribution in [0.3, 0.4) is 0 Å². The Labute approximate surface area is 114 Å². The fourth-order valence-electron chi connectivity index (χ4n) is 1.45. The lowest BCUT2D eigenvalue weighted by Crippen LogP contribution is -2.06. The Kier molecular flexibility index (Phi) is 5.85. The van der Waals surface area contributed by atoms with Crippen LogP contribution < -0.4 is 0 Å². The van der Waals surface area contributed by atoms with Crippen LogP contribution in [0.2, 0.25) is 0 Å². The molecule has 0 aliphatic rings. The second-order valence-electron chi connectivity index (χ2n) is 3.60. The van der Waals surface area contributed by atoms with E-state index in [1.165, 1.54) is 7.11 Å². The van der Waals surface area contributed by atoms with Crippen LogP contribution in [0.1, 0.15) is 29.3 Å². The number of halogens is 1. The van der Waals surface area contributed by atoms with Gasteiger partial charge in [0.1, 0.15) is 0 Å². The van der Waals surface area contributed by atoms with Crippen LogP contribution in [0.25, 0.3) is 0 Å². The number of hydrogen-bond donors (Lipinski definition) is 0. The second kappa shape index (κ2) is 7.16. The topological polar surface area (TPSA) is 52.6 Å². The van der Waals surface area contributed by atoms with Crippen LogP contribution in [0, 0.1) is 0 Å². The molecule has 0 aromatic heterocycles. The molecule has 0 atom stereocenters. The molecule has 1 rings (SSSR count). The van der Waals surface area contributed by atoms with E-state index < -0.39 is 0 Å². The van der Waals surface area contributed by atoms with Crippen LogP contribution in [0.15, 0.2) is 22.7 Å². The van der Waals surface area contributed by atoms with Gasteiger partial charge in [-0.25, -0.2) is 4.79 Å². The summed E-state index contributed by atoms with van der Waals surface area (Å²) in [6.07, 6.45) is 0.794. The van der Waals surface area contributed by atoms with Gasteiger partial charge in [-0.05, 0) is 37.1 Å². The van der Waals surface area contributed by atoms with Crippen molar-refractivity contribution in [2.24, 2.45) is 0 Å². The van der Waals surface area contributed by atoms with Gasteiger partial charge in [-0.3, -0.25) is 4.79 Å². The zero-order valence-electron chi connectivity index (χ0n) is 10.4. The maximum absolute atomic E-state index is 11.6. The molecule has 0 saturated carbocycles. The van der Waals surface area contributed by atoms with E-state index in [-0.39, 0.29) is 18.4 Å². The lowest BCUT2D eigenvalue weighted by molar-refractivity contribution is -0.140. The average Bonchev–Trinajstić information content (AvgIpc) is 2.37. The SMILES string of the molecule is CCOC(=O)c1ccc(Br)c(CCC(=O)OC)c1. The summed E-state index contributed by atoms with van der Waals surface area (Å²) in [7, 11) is 1.35. The number of esters is 2. The molecule has 1 aromatic carbocycles. The van der Waals surface area contributed by atoms with Gasteiger partial charge >= 0.3 is 11.9 Å². The van der Waals surface area contributed by atoms with Gasteiger partial charge in [0.15, 0.2) is 0 Å². The molecule has 0 N–H and O–H groups in total. The zero-order valence-corrected chi connectivity index (χ0v) is 12.0. The molecule has 5 heteroatoms. The highest BCUT2D eigenvalue weighted by atomic mass is 79.9. The van der Waals surface area contributed by atoms with Crippen molar-refractivity contribution in [2.75, 3.05) is 13.7 Å². The predicted octanol–water partition coefficient (Wildman–Crippen LogP) is 2.73. The summed E-state index contributed by atoms with van der Waals surface area (Å²) in [6.45, 7) is 2.10. The van der Waals surface area contributed by atoms with Crippen LogP contribution in [0.4, 0.5) is 0 Å². The molecule has 0 spiro atoms. The molecule has 0 aliphatic carbocycles. The largest absolute Gasteiger partial charge is 0.469 e. The summed E-state index contributed by atoms with van der Waals surface area (Å²) < 4.78 is 10.4. The Hall–Kier alpha value is -1.36. The Morgan fingerprint density at radius 1 is 1.33 bits per heavy atom. The highest BCUT2D eigenvalue weighted by Crippen LogP contribution is 2.20. The lowest BCUT2D eigenvalue weighted by Gasteiger charge is -2.07. The molecule has 0 radical (unpaired) electrons. The van der Waals surface area contributed by atoms with Crippen molar-refractivity contribution in [2.45, 2.75) is 19.8 Å². The minimum absolute atomic E-state index is 0.275. The zero-order chi connectivity index (χ0) is 13.5. The molecule has 18 heavy (non-hydrogen) atoms. The first kappa shape index (κ1) is 14.7. The van der Waals surface area contributed by atoms with Gasteiger partial charge in [0, 0.05) is 10.9 Å². The second-order valence-corrected chi connectivity index (χ2v) is 4.46. The number of benzene rings is 1. The fourth-order valence-corrected chi connectivity index (χ4v) is 1.89. The van der Waals surface area contributed by atoms with Crippen LogP contribution >= 0.6 is 15.9 Å². The van der Waals surface area contributed by atoms with Crippen LogP contribution in [-0.4, -0.2) is 25.7 Å². The fraction of sp³-hybridized carbons (Fsp3) is 0.385. The summed E-state index contributed by atoms with van der Waals surface area (Å²) in [6, 6.07) is 5.19. The van der Waals surface area contributed by atoms with E-state index in [1.807, 2.05) is 0 Å². The van der Waals surface area contributed by atoms with Crippen molar-refractivity contribution >= 4 is 27.9 Å². The number of aryl methyl sites for hydroxylation is 1. The van der Waals surface area contributed by atoms with E-state index in [0.29, 0.717) is 18.6 Å². The van der Waals surface area contributed by atoms with Gasteiger partial charge in [-0.15, -0.1) is 0 Å². The van der Waals surface area contributed by atoms with Crippen molar-refractivity contribution in [1.29, 1.82) is 0 Å². The van der Waals surface area contributed by atoms with E-state index in [4.69, 9.17) is 4.74 Å². The first-order chi connectivity index (χ1) is 8.58. The monoisotopic (exact) mass is 314 g/mol. The smallest absolute Gasteiger partial charge is 0.338 e. The minimum atomic E-state index is -0.357. The standard InChI is InChI=1S/C13H15BrO4/c1-3-18-13(16)10-4-6-11(14)9(8-10)5-7-12(15)17-2/h4,6,8H,3,5,7H2,1-2H3. The molecule has 0 aliphatic heterocycles. The van der Waals surface area contributed by atoms with E-state index in [1.54, 1.807) is 25.1 Å². The Balaban J connectivity index is 2.81. The van der Waals surface area contributed by atoms with Gasteiger partial charge in [0.2, 0.25) is 0 Å². The summed E-state index contributed by atoms with van der Waals surface area (Å²) in [5.41, 5.74) is 1.37. The molecule has 98 valence electrons. The first-order valence-electron chi connectivity index (χ1n) is 5.60. The van der Waals surface area contributed by atoms with Crippen molar-refractivity contribution in [3.63, 3.8) is 0 Å². The third-order valence-electron chi connectivity index (χ3n) is 2.38. The number of carbonyl (C=O) groups excluding carboxylic acids is 2. The van der Waals surface area contributed by atoms with Crippen molar-refractivity contribution in [3.05, 3.63) is 33.8 Å². The molecule has 4 nitrogen and oxygen atoms in total. The molecule has 0 amide bonds. The quantitative estimate of drug-likeness (QED) is 0.784. The Bertz CT molecular complexity index is 443. The molecule has 0 bridgehead atoms. The van der Waals surface area contributed by atoms with E-state index >= 15 is 0 Å². The van der Waals surface area contributed by atoms with E-state index in [2.05, 4.69) is 20.7 Å². The maximum atomic E-state index is 11.6. The number of carbonyl (C=O) groups is 2. The minimum Gasteiger partial charge on any atom is -0.469 e.